The molecule has 17 heavy (non-hydrogen) atoms. The van der Waals surface area contributed by atoms with E-state index in [2.05, 4.69) is 5.32 Å². The molecule has 3 nitrogen and oxygen atoms in total. The molecular formula is C12H15Cl2NO2. The lowest BCUT2D eigenvalue weighted by Crippen LogP contribution is -2.30. The van der Waals surface area contributed by atoms with Crippen LogP contribution in [0.1, 0.15) is 27.2 Å². The summed E-state index contributed by atoms with van der Waals surface area (Å²) >= 11 is 11.6. The number of amides is 1. The Morgan fingerprint density at radius 1 is 1.41 bits per heavy atom. The highest BCUT2D eigenvalue weighted by atomic mass is 35.5. The summed E-state index contributed by atoms with van der Waals surface area (Å²) in [5.74, 6) is -0.357. The molecule has 94 valence electrons. The first-order valence-electron chi connectivity index (χ1n) is 5.27. The Morgan fingerprint density at radius 2 is 2.00 bits per heavy atom. The van der Waals surface area contributed by atoms with Crippen molar-refractivity contribution in [1.29, 1.82) is 0 Å². The molecule has 0 aliphatic carbocycles. The summed E-state index contributed by atoms with van der Waals surface area (Å²) in [5.41, 5.74) is -0.282. The highest BCUT2D eigenvalue weighted by Crippen LogP contribution is 2.36. The zero-order valence-electron chi connectivity index (χ0n) is 9.97. The normalized spacial score (nSPS) is 11.4. The zero-order valence-corrected chi connectivity index (χ0v) is 11.5. The van der Waals surface area contributed by atoms with Crippen LogP contribution in [0.15, 0.2) is 12.1 Å². The molecule has 0 saturated heterocycles. The average Bonchev–Trinajstić information content (AvgIpc) is 2.25. The van der Waals surface area contributed by atoms with Crippen molar-refractivity contribution >= 4 is 34.8 Å². The molecule has 5 heteroatoms. The molecule has 1 aromatic rings. The molecule has 2 N–H and O–H groups in total. The Hall–Kier alpha value is -0.930. The molecule has 0 radical (unpaired) electrons. The first-order chi connectivity index (χ1) is 7.77. The molecule has 0 saturated carbocycles. The number of anilines is 1. The molecule has 0 unspecified atom stereocenters. The lowest BCUT2D eigenvalue weighted by Gasteiger charge is -2.22. The number of carbonyl (C=O) groups excluding carboxylic acids is 1. The number of hydrogen-bond acceptors (Lipinski definition) is 2. The van der Waals surface area contributed by atoms with Crippen LogP contribution in [0, 0.1) is 5.41 Å². The van der Waals surface area contributed by atoms with Crippen molar-refractivity contribution in [2.24, 2.45) is 5.41 Å². The second-order valence-corrected chi connectivity index (χ2v) is 5.32. The van der Waals surface area contributed by atoms with Gasteiger partial charge in [-0.3, -0.25) is 4.79 Å². The zero-order chi connectivity index (χ0) is 13.2. The molecule has 1 rings (SSSR count). The molecule has 0 heterocycles. The minimum Gasteiger partial charge on any atom is -0.504 e. The highest BCUT2D eigenvalue weighted by Gasteiger charge is 2.26. The van der Waals surface area contributed by atoms with Gasteiger partial charge in [0.2, 0.25) is 5.91 Å². The minimum atomic E-state index is -0.513. The third-order valence-electron chi connectivity index (χ3n) is 2.77. The van der Waals surface area contributed by atoms with Crippen molar-refractivity contribution in [1.82, 2.24) is 0 Å². The molecule has 0 bridgehead atoms. The Kier molecular flexibility index (Phi) is 4.28. The first kappa shape index (κ1) is 14.1. The lowest BCUT2D eigenvalue weighted by molar-refractivity contribution is -0.124. The van der Waals surface area contributed by atoms with Crippen LogP contribution in [-0.4, -0.2) is 11.0 Å². The van der Waals surface area contributed by atoms with Crippen LogP contribution in [0.25, 0.3) is 0 Å². The van der Waals surface area contributed by atoms with Crippen LogP contribution in [-0.2, 0) is 4.79 Å². The highest BCUT2D eigenvalue weighted by molar-refractivity contribution is 6.36. The van der Waals surface area contributed by atoms with Crippen LogP contribution < -0.4 is 5.32 Å². The van der Waals surface area contributed by atoms with Gasteiger partial charge in [-0.1, -0.05) is 44.0 Å². The van der Waals surface area contributed by atoms with Crippen molar-refractivity contribution in [2.45, 2.75) is 27.2 Å². The number of halogens is 2. The van der Waals surface area contributed by atoms with E-state index in [9.17, 15) is 9.90 Å². The van der Waals surface area contributed by atoms with E-state index in [1.807, 2.05) is 20.8 Å². The molecular weight excluding hydrogens is 261 g/mol. The summed E-state index contributed by atoms with van der Waals surface area (Å²) in [4.78, 5) is 11.9. The topological polar surface area (TPSA) is 49.3 Å². The Balaban J connectivity index is 3.00. The van der Waals surface area contributed by atoms with Crippen LogP contribution in [0.3, 0.4) is 0 Å². The number of hydrogen-bond donors (Lipinski definition) is 2. The molecule has 1 aromatic carbocycles. The van der Waals surface area contributed by atoms with Crippen LogP contribution in [0.2, 0.25) is 10.0 Å². The Morgan fingerprint density at radius 3 is 2.53 bits per heavy atom. The van der Waals surface area contributed by atoms with E-state index in [4.69, 9.17) is 23.2 Å². The van der Waals surface area contributed by atoms with Gasteiger partial charge in [-0.15, -0.1) is 0 Å². The van der Waals surface area contributed by atoms with Crippen molar-refractivity contribution < 1.29 is 9.90 Å². The van der Waals surface area contributed by atoms with E-state index in [-0.39, 0.29) is 22.4 Å². The Labute approximate surface area is 111 Å². The van der Waals surface area contributed by atoms with Gasteiger partial charge in [0, 0.05) is 10.4 Å². The second-order valence-electron chi connectivity index (χ2n) is 4.48. The maximum absolute atomic E-state index is 11.9. The summed E-state index contributed by atoms with van der Waals surface area (Å²) in [6.07, 6.45) is 0.688. The van der Waals surface area contributed by atoms with E-state index in [0.29, 0.717) is 11.4 Å². The van der Waals surface area contributed by atoms with Gasteiger partial charge < -0.3 is 10.4 Å². The van der Waals surface area contributed by atoms with Gasteiger partial charge in [0.05, 0.1) is 10.7 Å². The van der Waals surface area contributed by atoms with E-state index >= 15 is 0 Å². The fraction of sp³-hybridized carbons (Fsp3) is 0.417. The molecule has 0 aliphatic heterocycles. The lowest BCUT2D eigenvalue weighted by atomic mass is 9.89. The summed E-state index contributed by atoms with van der Waals surface area (Å²) < 4.78 is 0. The van der Waals surface area contributed by atoms with E-state index in [0.717, 1.165) is 0 Å². The monoisotopic (exact) mass is 275 g/mol. The summed E-state index contributed by atoms with van der Waals surface area (Å²) in [6.45, 7) is 5.57. The van der Waals surface area contributed by atoms with Crippen molar-refractivity contribution in [2.75, 3.05) is 5.32 Å². The number of aromatic hydroxyl groups is 1. The fourth-order valence-electron chi connectivity index (χ4n) is 1.11. The summed E-state index contributed by atoms with van der Waals surface area (Å²) in [5, 5.41) is 12.8. The molecule has 0 atom stereocenters. The van der Waals surface area contributed by atoms with Gasteiger partial charge in [-0.05, 0) is 18.6 Å². The standard InChI is InChI=1S/C12H15Cl2NO2/c1-4-12(2,3)11(17)15-9-6-7(13)5-8(14)10(9)16/h5-6,16H,4H2,1-3H3,(H,15,17). The third kappa shape index (κ3) is 3.27. The van der Waals surface area contributed by atoms with Gasteiger partial charge in [0.1, 0.15) is 0 Å². The number of rotatable bonds is 3. The maximum Gasteiger partial charge on any atom is 0.230 e. The van der Waals surface area contributed by atoms with Gasteiger partial charge in [0.15, 0.2) is 5.75 Å². The molecule has 1 amide bonds. The van der Waals surface area contributed by atoms with Crippen molar-refractivity contribution in [3.05, 3.63) is 22.2 Å². The number of phenols is 1. The fourth-order valence-corrected chi connectivity index (χ4v) is 1.61. The maximum atomic E-state index is 11.9. The van der Waals surface area contributed by atoms with Crippen LogP contribution in [0.4, 0.5) is 5.69 Å². The van der Waals surface area contributed by atoms with Gasteiger partial charge in [-0.2, -0.15) is 0 Å². The van der Waals surface area contributed by atoms with Crippen LogP contribution >= 0.6 is 23.2 Å². The number of carbonyl (C=O) groups is 1. The number of phenolic OH excluding ortho intramolecular Hbond substituents is 1. The number of nitrogens with one attached hydrogen (secondary N) is 1. The molecule has 0 spiro atoms. The minimum absolute atomic E-state index is 0.113. The molecule has 0 aliphatic rings. The molecule has 0 fully saturated rings. The van der Waals surface area contributed by atoms with Gasteiger partial charge >= 0.3 is 0 Å². The van der Waals surface area contributed by atoms with Crippen molar-refractivity contribution in [3.63, 3.8) is 0 Å². The third-order valence-corrected chi connectivity index (χ3v) is 3.28. The first-order valence-corrected chi connectivity index (χ1v) is 6.03. The molecule has 0 aromatic heterocycles. The van der Waals surface area contributed by atoms with E-state index in [1.165, 1.54) is 12.1 Å². The summed E-state index contributed by atoms with van der Waals surface area (Å²) in [7, 11) is 0. The second kappa shape index (κ2) is 5.15. The van der Waals surface area contributed by atoms with Crippen molar-refractivity contribution in [3.8, 4) is 5.75 Å². The largest absolute Gasteiger partial charge is 0.504 e. The average molecular weight is 276 g/mol. The van der Waals surface area contributed by atoms with Crippen LogP contribution in [0.5, 0.6) is 5.75 Å². The quantitative estimate of drug-likeness (QED) is 0.817. The summed E-state index contributed by atoms with van der Waals surface area (Å²) in [6, 6.07) is 2.88. The van der Waals surface area contributed by atoms with Gasteiger partial charge in [-0.25, -0.2) is 0 Å². The predicted octanol–water partition coefficient (Wildman–Crippen LogP) is 4.07. The Bertz CT molecular complexity index is 444. The smallest absolute Gasteiger partial charge is 0.230 e. The van der Waals surface area contributed by atoms with E-state index in [1.54, 1.807) is 0 Å². The van der Waals surface area contributed by atoms with E-state index < -0.39 is 5.41 Å². The SMILES string of the molecule is CCC(C)(C)C(=O)Nc1cc(Cl)cc(Cl)c1O. The van der Waals surface area contributed by atoms with Gasteiger partial charge in [0.25, 0.3) is 0 Å². The predicted molar refractivity (Wildman–Crippen MR) is 70.8 cm³/mol. The number of benzene rings is 1.